The molecule has 0 heterocycles. The van der Waals surface area contributed by atoms with Crippen molar-refractivity contribution in [1.82, 2.24) is 10.2 Å². The smallest absolute Gasteiger partial charge is 0.264 e. The molecule has 0 aliphatic heterocycles. The Morgan fingerprint density at radius 2 is 1.39 bits per heavy atom. The van der Waals surface area contributed by atoms with Gasteiger partial charge in [0.1, 0.15) is 18.3 Å². The van der Waals surface area contributed by atoms with E-state index >= 15 is 0 Å². The van der Waals surface area contributed by atoms with E-state index in [-0.39, 0.29) is 35.7 Å². The second kappa shape index (κ2) is 15.6. The van der Waals surface area contributed by atoms with Gasteiger partial charge in [0, 0.05) is 19.0 Å². The Balaban J connectivity index is 1.81. The summed E-state index contributed by atoms with van der Waals surface area (Å²) in [6, 6.07) is 30.9. The molecule has 0 spiro atoms. The van der Waals surface area contributed by atoms with Gasteiger partial charge in [0.2, 0.25) is 11.8 Å². The Bertz CT molecular complexity index is 1690. The highest BCUT2D eigenvalue weighted by Crippen LogP contribution is 2.27. The number of nitrogens with one attached hydrogen (secondary N) is 1. The number of nitrogens with zero attached hydrogens (tertiary/aromatic N) is 2. The minimum Gasteiger partial charge on any atom is -0.497 e. The molecule has 4 aromatic rings. The van der Waals surface area contributed by atoms with Gasteiger partial charge in [0.25, 0.3) is 10.0 Å². The Kier molecular flexibility index (Phi) is 11.6. The first kappa shape index (κ1) is 34.2. The molecule has 1 atom stereocenters. The Morgan fingerprint density at radius 3 is 1.98 bits per heavy atom. The summed E-state index contributed by atoms with van der Waals surface area (Å²) in [5, 5.41) is 2.98. The monoisotopic (exact) mass is 641 g/mol. The van der Waals surface area contributed by atoms with Crippen molar-refractivity contribution in [3.63, 3.8) is 0 Å². The predicted octanol–water partition coefficient (Wildman–Crippen LogP) is 6.18. The molecule has 0 aliphatic rings. The fourth-order valence-electron chi connectivity index (χ4n) is 5.18. The van der Waals surface area contributed by atoms with Crippen LogP contribution in [-0.4, -0.2) is 50.9 Å². The van der Waals surface area contributed by atoms with Gasteiger partial charge in [-0.25, -0.2) is 8.42 Å². The molecule has 0 saturated carbocycles. The molecule has 0 saturated heterocycles. The van der Waals surface area contributed by atoms with Crippen molar-refractivity contribution in [2.24, 2.45) is 0 Å². The summed E-state index contributed by atoms with van der Waals surface area (Å²) in [7, 11) is -2.60. The number of ether oxygens (including phenoxy) is 1. The van der Waals surface area contributed by atoms with Crippen LogP contribution < -0.4 is 14.4 Å². The number of benzene rings is 4. The third-order valence-corrected chi connectivity index (χ3v) is 9.43. The minimum absolute atomic E-state index is 0.0601. The average molecular weight is 642 g/mol. The van der Waals surface area contributed by atoms with Crippen LogP contribution in [0.15, 0.2) is 114 Å². The standard InChI is InChI=1S/C37H43N3O5S/c1-27(2)31-19-21-32(22-20-31)40(46(43,44)34-17-10-7-11-18-34)26-36(41)39(25-30-15-12-16-33(23-30)45-5)35(37(42)38-28(3)4)24-29-13-8-6-9-14-29/h6-23,27-28,35H,24-26H2,1-5H3,(H,38,42)/t35-/m1/s1. The number of carbonyl (C=O) groups excluding carboxylic acids is 2. The highest BCUT2D eigenvalue weighted by molar-refractivity contribution is 7.92. The molecule has 0 aliphatic carbocycles. The largest absolute Gasteiger partial charge is 0.497 e. The summed E-state index contributed by atoms with van der Waals surface area (Å²) >= 11 is 0. The number of hydrogen-bond acceptors (Lipinski definition) is 5. The molecule has 0 radical (unpaired) electrons. The quantitative estimate of drug-likeness (QED) is 0.178. The number of sulfonamides is 1. The fraction of sp³-hybridized carbons (Fsp3) is 0.297. The molecule has 0 aromatic heterocycles. The lowest BCUT2D eigenvalue weighted by Crippen LogP contribution is -2.54. The van der Waals surface area contributed by atoms with Gasteiger partial charge in [0.05, 0.1) is 17.7 Å². The van der Waals surface area contributed by atoms with Gasteiger partial charge >= 0.3 is 0 Å². The zero-order valence-electron chi connectivity index (χ0n) is 27.1. The fourth-order valence-corrected chi connectivity index (χ4v) is 6.61. The lowest BCUT2D eigenvalue weighted by atomic mass is 10.0. The second-order valence-electron chi connectivity index (χ2n) is 11.8. The van der Waals surface area contributed by atoms with Crippen LogP contribution in [0.1, 0.15) is 50.3 Å². The van der Waals surface area contributed by atoms with Crippen molar-refractivity contribution >= 4 is 27.5 Å². The van der Waals surface area contributed by atoms with Crippen LogP contribution in [0.4, 0.5) is 5.69 Å². The van der Waals surface area contributed by atoms with E-state index < -0.39 is 28.5 Å². The normalized spacial score (nSPS) is 12.1. The highest BCUT2D eigenvalue weighted by atomic mass is 32.2. The van der Waals surface area contributed by atoms with Gasteiger partial charge < -0.3 is 15.0 Å². The molecule has 4 rings (SSSR count). The first-order valence-electron chi connectivity index (χ1n) is 15.4. The van der Waals surface area contributed by atoms with Gasteiger partial charge in [-0.2, -0.15) is 0 Å². The van der Waals surface area contributed by atoms with Crippen molar-refractivity contribution in [2.75, 3.05) is 18.0 Å². The zero-order valence-corrected chi connectivity index (χ0v) is 27.9. The maximum absolute atomic E-state index is 14.6. The summed E-state index contributed by atoms with van der Waals surface area (Å²) < 4.78 is 34.9. The molecule has 0 bridgehead atoms. The molecule has 0 fully saturated rings. The third kappa shape index (κ3) is 8.75. The maximum atomic E-state index is 14.6. The topological polar surface area (TPSA) is 96.0 Å². The number of anilines is 1. The van der Waals surface area contributed by atoms with E-state index in [1.165, 1.54) is 17.0 Å². The molecule has 0 unspecified atom stereocenters. The second-order valence-corrected chi connectivity index (χ2v) is 13.7. The van der Waals surface area contributed by atoms with Crippen LogP contribution in [0.25, 0.3) is 0 Å². The van der Waals surface area contributed by atoms with Gasteiger partial charge in [-0.1, -0.05) is 86.6 Å². The van der Waals surface area contributed by atoms with E-state index in [0.29, 0.717) is 11.4 Å². The van der Waals surface area contributed by atoms with Crippen molar-refractivity contribution in [3.05, 3.63) is 126 Å². The van der Waals surface area contributed by atoms with Crippen LogP contribution in [0.5, 0.6) is 5.75 Å². The van der Waals surface area contributed by atoms with Gasteiger partial charge in [0.15, 0.2) is 0 Å². The molecule has 242 valence electrons. The van der Waals surface area contributed by atoms with E-state index in [1.54, 1.807) is 43.5 Å². The molecule has 9 heteroatoms. The van der Waals surface area contributed by atoms with Gasteiger partial charge in [-0.05, 0) is 72.9 Å². The van der Waals surface area contributed by atoms with Crippen molar-refractivity contribution in [3.8, 4) is 5.75 Å². The lowest BCUT2D eigenvalue weighted by Gasteiger charge is -2.34. The maximum Gasteiger partial charge on any atom is 0.264 e. The molecular weight excluding hydrogens is 598 g/mol. The zero-order chi connectivity index (χ0) is 33.3. The van der Waals surface area contributed by atoms with E-state index in [0.717, 1.165) is 21.0 Å². The minimum atomic E-state index is -4.16. The Hall–Kier alpha value is -4.63. The van der Waals surface area contributed by atoms with Crippen LogP contribution in [-0.2, 0) is 32.6 Å². The van der Waals surface area contributed by atoms with E-state index in [1.807, 2.05) is 74.5 Å². The van der Waals surface area contributed by atoms with Gasteiger partial charge in [-0.15, -0.1) is 0 Å². The van der Waals surface area contributed by atoms with Crippen molar-refractivity contribution in [2.45, 2.75) is 63.6 Å². The molecule has 2 amide bonds. The summed E-state index contributed by atoms with van der Waals surface area (Å²) in [5.41, 5.74) is 3.00. The predicted molar refractivity (Wildman–Crippen MR) is 182 cm³/mol. The average Bonchev–Trinajstić information content (AvgIpc) is 3.05. The molecule has 1 N–H and O–H groups in total. The third-order valence-electron chi connectivity index (χ3n) is 7.65. The number of hydrogen-bond donors (Lipinski definition) is 1. The molecular formula is C37H43N3O5S. The first-order chi connectivity index (χ1) is 22.0. The van der Waals surface area contributed by atoms with Crippen LogP contribution in [0.3, 0.4) is 0 Å². The number of carbonyl (C=O) groups is 2. The van der Waals surface area contributed by atoms with Crippen molar-refractivity contribution in [1.29, 1.82) is 0 Å². The Morgan fingerprint density at radius 1 is 0.783 bits per heavy atom. The van der Waals surface area contributed by atoms with E-state index in [9.17, 15) is 18.0 Å². The summed E-state index contributed by atoms with van der Waals surface area (Å²) in [6.07, 6.45) is 0.240. The van der Waals surface area contributed by atoms with Crippen LogP contribution >= 0.6 is 0 Å². The molecule has 8 nitrogen and oxygen atoms in total. The van der Waals surface area contributed by atoms with Crippen molar-refractivity contribution < 1.29 is 22.7 Å². The lowest BCUT2D eigenvalue weighted by molar-refractivity contribution is -0.140. The number of methoxy groups -OCH3 is 1. The highest BCUT2D eigenvalue weighted by Gasteiger charge is 2.35. The molecule has 46 heavy (non-hydrogen) atoms. The number of rotatable bonds is 14. The van der Waals surface area contributed by atoms with Crippen LogP contribution in [0.2, 0.25) is 0 Å². The van der Waals surface area contributed by atoms with E-state index in [4.69, 9.17) is 4.74 Å². The molecule has 4 aromatic carbocycles. The summed E-state index contributed by atoms with van der Waals surface area (Å²) in [4.78, 5) is 29.9. The van der Waals surface area contributed by atoms with E-state index in [2.05, 4.69) is 19.2 Å². The summed E-state index contributed by atoms with van der Waals surface area (Å²) in [6.45, 7) is 7.39. The first-order valence-corrected chi connectivity index (χ1v) is 16.9. The number of amides is 2. The van der Waals surface area contributed by atoms with Gasteiger partial charge in [-0.3, -0.25) is 13.9 Å². The summed E-state index contributed by atoms with van der Waals surface area (Å²) in [5.74, 6) is 0.00467. The van der Waals surface area contributed by atoms with Crippen LogP contribution in [0, 0.1) is 0 Å². The Labute approximate surface area is 273 Å². The SMILES string of the molecule is COc1cccc(CN(C(=O)CN(c2ccc(C(C)C)cc2)S(=O)(=O)c2ccccc2)[C@H](Cc2ccccc2)C(=O)NC(C)C)c1.